The molecule has 0 saturated carbocycles. The Morgan fingerprint density at radius 3 is 2.54 bits per heavy atom. The second-order valence-electron chi connectivity index (χ2n) is 8.35. The normalized spacial score (nSPS) is 15.6. The fourth-order valence-electron chi connectivity index (χ4n) is 3.35. The van der Waals surface area contributed by atoms with E-state index < -0.39 is 6.04 Å². The molecule has 3 amide bonds. The van der Waals surface area contributed by atoms with E-state index in [1.807, 2.05) is 56.9 Å². The van der Waals surface area contributed by atoms with E-state index in [0.29, 0.717) is 25.1 Å². The van der Waals surface area contributed by atoms with Crippen LogP contribution in [0.25, 0.3) is 0 Å². The summed E-state index contributed by atoms with van der Waals surface area (Å²) in [5, 5.41) is 5.76. The van der Waals surface area contributed by atoms with Crippen LogP contribution >= 0.6 is 0 Å². The summed E-state index contributed by atoms with van der Waals surface area (Å²) in [6.07, 6.45) is 3.01. The molecule has 6 heteroatoms. The van der Waals surface area contributed by atoms with Crippen LogP contribution < -0.4 is 10.6 Å². The van der Waals surface area contributed by atoms with Gasteiger partial charge in [0.1, 0.15) is 6.04 Å². The molecule has 2 rings (SSSR count). The van der Waals surface area contributed by atoms with Crippen LogP contribution in [-0.4, -0.2) is 35.2 Å². The number of rotatable bonds is 8. The van der Waals surface area contributed by atoms with Crippen LogP contribution in [0, 0.1) is 11.8 Å². The van der Waals surface area contributed by atoms with Gasteiger partial charge in [0.2, 0.25) is 17.7 Å². The molecule has 2 N–H and O–H groups in total. The first-order chi connectivity index (χ1) is 13.3. The number of benzene rings is 1. The Morgan fingerprint density at radius 2 is 1.89 bits per heavy atom. The molecule has 1 atom stereocenters. The van der Waals surface area contributed by atoms with Crippen LogP contribution in [0.5, 0.6) is 0 Å². The molecular weight excluding hydrogens is 354 g/mol. The Labute approximate surface area is 168 Å². The molecule has 1 heterocycles. The van der Waals surface area contributed by atoms with Crippen LogP contribution in [0.15, 0.2) is 24.3 Å². The zero-order valence-corrected chi connectivity index (χ0v) is 17.5. The smallest absolute Gasteiger partial charge is 0.247 e. The van der Waals surface area contributed by atoms with Crippen molar-refractivity contribution in [3.63, 3.8) is 0 Å². The molecule has 1 aliphatic rings. The van der Waals surface area contributed by atoms with Crippen molar-refractivity contribution >= 4 is 23.4 Å². The minimum atomic E-state index is -0.585. The summed E-state index contributed by atoms with van der Waals surface area (Å²) in [6.45, 7) is 9.12. The first-order valence-corrected chi connectivity index (χ1v) is 10.2. The number of likely N-dealkylation sites (tertiary alicyclic amines) is 1. The second kappa shape index (κ2) is 10.2. The lowest BCUT2D eigenvalue weighted by Crippen LogP contribution is -2.47. The summed E-state index contributed by atoms with van der Waals surface area (Å²) in [5.41, 5.74) is 1.66. The van der Waals surface area contributed by atoms with Crippen LogP contribution in [0.1, 0.15) is 58.9 Å². The highest BCUT2D eigenvalue weighted by molar-refractivity contribution is 5.97. The molecule has 1 aliphatic heterocycles. The van der Waals surface area contributed by atoms with Gasteiger partial charge in [0, 0.05) is 31.6 Å². The van der Waals surface area contributed by atoms with Gasteiger partial charge in [-0.05, 0) is 42.4 Å². The highest BCUT2D eigenvalue weighted by atomic mass is 16.2. The van der Waals surface area contributed by atoms with Gasteiger partial charge >= 0.3 is 0 Å². The number of nitrogens with zero attached hydrogens (tertiary/aromatic N) is 1. The Morgan fingerprint density at radius 1 is 1.14 bits per heavy atom. The average Bonchev–Trinajstić information content (AvgIpc) is 2.61. The summed E-state index contributed by atoms with van der Waals surface area (Å²) in [4.78, 5) is 38.7. The number of carbonyl (C=O) groups is 3. The quantitative estimate of drug-likeness (QED) is 0.718. The van der Waals surface area contributed by atoms with E-state index in [2.05, 4.69) is 10.6 Å². The molecular formula is C22H33N3O3. The summed E-state index contributed by atoms with van der Waals surface area (Å²) in [5.74, 6) is 0.0725. The van der Waals surface area contributed by atoms with Crippen LogP contribution in [0.3, 0.4) is 0 Å². The van der Waals surface area contributed by atoms with E-state index in [4.69, 9.17) is 0 Å². The lowest BCUT2D eigenvalue weighted by molar-refractivity contribution is -0.133. The summed E-state index contributed by atoms with van der Waals surface area (Å²) in [7, 11) is 0. The first-order valence-electron chi connectivity index (χ1n) is 10.2. The van der Waals surface area contributed by atoms with Crippen LogP contribution in [0.4, 0.5) is 5.69 Å². The van der Waals surface area contributed by atoms with Gasteiger partial charge in [-0.1, -0.05) is 39.8 Å². The highest BCUT2D eigenvalue weighted by Gasteiger charge is 2.24. The third-order valence-electron chi connectivity index (χ3n) is 4.85. The Hall–Kier alpha value is -2.37. The summed E-state index contributed by atoms with van der Waals surface area (Å²) in [6, 6.07) is 6.97. The van der Waals surface area contributed by atoms with Gasteiger partial charge < -0.3 is 15.5 Å². The number of nitrogens with one attached hydrogen (secondary N) is 2. The largest absolute Gasteiger partial charge is 0.344 e. The van der Waals surface area contributed by atoms with Crippen molar-refractivity contribution in [2.45, 2.75) is 66.0 Å². The number of piperidine rings is 1. The zero-order chi connectivity index (χ0) is 20.7. The molecule has 1 aromatic rings. The molecule has 6 nitrogen and oxygen atoms in total. The first kappa shape index (κ1) is 21.9. The molecule has 154 valence electrons. The average molecular weight is 388 g/mol. The van der Waals surface area contributed by atoms with Crippen molar-refractivity contribution in [3.05, 3.63) is 29.8 Å². The summed E-state index contributed by atoms with van der Waals surface area (Å²) < 4.78 is 0. The molecule has 0 aromatic heterocycles. The van der Waals surface area contributed by atoms with Crippen molar-refractivity contribution < 1.29 is 14.4 Å². The predicted molar refractivity (Wildman–Crippen MR) is 111 cm³/mol. The third-order valence-corrected chi connectivity index (χ3v) is 4.85. The second-order valence-corrected chi connectivity index (χ2v) is 8.35. The van der Waals surface area contributed by atoms with E-state index in [0.717, 1.165) is 24.9 Å². The maximum absolute atomic E-state index is 12.7. The summed E-state index contributed by atoms with van der Waals surface area (Å²) >= 11 is 0. The molecule has 1 fully saturated rings. The monoisotopic (exact) mass is 387 g/mol. The topological polar surface area (TPSA) is 78.5 Å². The molecule has 0 aliphatic carbocycles. The van der Waals surface area contributed by atoms with Gasteiger partial charge in [-0.25, -0.2) is 0 Å². The predicted octanol–water partition coefficient (Wildman–Crippen LogP) is 3.32. The fraction of sp³-hybridized carbons (Fsp3) is 0.591. The molecule has 0 spiro atoms. The van der Waals surface area contributed by atoms with Gasteiger partial charge in [-0.2, -0.15) is 0 Å². The van der Waals surface area contributed by atoms with E-state index >= 15 is 0 Å². The van der Waals surface area contributed by atoms with E-state index in [-0.39, 0.29) is 29.6 Å². The van der Waals surface area contributed by atoms with Crippen molar-refractivity contribution in [1.29, 1.82) is 0 Å². The maximum Gasteiger partial charge on any atom is 0.247 e. The van der Waals surface area contributed by atoms with Crippen molar-refractivity contribution in [2.75, 3.05) is 11.9 Å². The number of amides is 3. The fourth-order valence-corrected chi connectivity index (χ4v) is 3.35. The van der Waals surface area contributed by atoms with Gasteiger partial charge in [0.05, 0.1) is 0 Å². The molecule has 1 aromatic carbocycles. The molecule has 0 bridgehead atoms. The van der Waals surface area contributed by atoms with Crippen molar-refractivity contribution in [2.24, 2.45) is 11.8 Å². The van der Waals surface area contributed by atoms with Gasteiger partial charge in [0.25, 0.3) is 0 Å². The lowest BCUT2D eigenvalue weighted by Gasteiger charge is -2.27. The van der Waals surface area contributed by atoms with E-state index in [9.17, 15) is 14.4 Å². The maximum atomic E-state index is 12.7. The Balaban J connectivity index is 2.01. The highest BCUT2D eigenvalue weighted by Crippen LogP contribution is 2.18. The van der Waals surface area contributed by atoms with Crippen LogP contribution in [-0.2, 0) is 20.9 Å². The van der Waals surface area contributed by atoms with E-state index in [1.165, 1.54) is 0 Å². The number of carbonyl (C=O) groups excluding carboxylic acids is 3. The third kappa shape index (κ3) is 6.66. The molecule has 28 heavy (non-hydrogen) atoms. The Kier molecular flexibility index (Phi) is 8.03. The number of hydrogen-bond acceptors (Lipinski definition) is 3. The van der Waals surface area contributed by atoms with Gasteiger partial charge in [-0.15, -0.1) is 0 Å². The zero-order valence-electron chi connectivity index (χ0n) is 17.5. The van der Waals surface area contributed by atoms with Gasteiger partial charge in [0.15, 0.2) is 0 Å². The lowest BCUT2D eigenvalue weighted by atomic mass is 10.0. The molecule has 0 radical (unpaired) electrons. The van der Waals surface area contributed by atoms with Gasteiger partial charge in [-0.3, -0.25) is 14.4 Å². The minimum Gasteiger partial charge on any atom is -0.344 e. The van der Waals surface area contributed by atoms with Crippen molar-refractivity contribution in [1.82, 2.24) is 10.2 Å². The Bertz CT molecular complexity index is 700. The van der Waals surface area contributed by atoms with E-state index in [1.54, 1.807) is 0 Å². The standard InChI is InChI=1S/C22H33N3O3/c1-15(2)12-19(26)24-21(16(3)4)22(28)23-18-9-7-8-17(13-18)14-25-11-6-5-10-20(25)27/h7-9,13,15-16,21H,5-6,10-12,14H2,1-4H3,(H,23,28)(H,24,26). The number of anilines is 1. The molecule has 1 unspecified atom stereocenters. The number of hydrogen-bond donors (Lipinski definition) is 2. The molecule has 1 saturated heterocycles. The SMILES string of the molecule is CC(C)CC(=O)NC(C(=O)Nc1cccc(CN2CCCCC2=O)c1)C(C)C. The minimum absolute atomic E-state index is 0.0229. The van der Waals surface area contributed by atoms with Crippen LogP contribution in [0.2, 0.25) is 0 Å². The van der Waals surface area contributed by atoms with Crippen molar-refractivity contribution in [3.8, 4) is 0 Å².